The molecule has 0 radical (unpaired) electrons. The Morgan fingerprint density at radius 1 is 0.947 bits per heavy atom. The predicted octanol–water partition coefficient (Wildman–Crippen LogP) is 3.60. The Hall–Kier alpha value is -3.91. The quantitative estimate of drug-likeness (QED) is 0.360. The van der Waals surface area contributed by atoms with E-state index in [9.17, 15) is 21.6 Å². The van der Waals surface area contributed by atoms with Crippen LogP contribution in [0.4, 0.5) is 19.0 Å². The zero-order valence-corrected chi connectivity index (χ0v) is 21.0. The van der Waals surface area contributed by atoms with Gasteiger partial charge < -0.3 is 14.4 Å². The van der Waals surface area contributed by atoms with E-state index in [1.54, 1.807) is 17.8 Å². The number of alkyl halides is 3. The summed E-state index contributed by atoms with van der Waals surface area (Å²) in [5.41, 5.74) is 1.64. The Labute approximate surface area is 216 Å². The van der Waals surface area contributed by atoms with Gasteiger partial charge in [0.25, 0.3) is 5.78 Å². The zero-order chi connectivity index (χ0) is 26.9. The fraction of sp³-hybridized carbons (Fsp3) is 0.292. The van der Waals surface area contributed by atoms with Crippen molar-refractivity contribution in [1.29, 1.82) is 0 Å². The lowest BCUT2D eigenvalue weighted by Crippen LogP contribution is -2.36. The van der Waals surface area contributed by atoms with Crippen molar-refractivity contribution in [2.75, 3.05) is 38.2 Å². The zero-order valence-electron chi connectivity index (χ0n) is 20.2. The maximum Gasteiger partial charge on any atom is 0.573 e. The van der Waals surface area contributed by atoms with Gasteiger partial charge in [-0.1, -0.05) is 18.2 Å². The molecular formula is C24H23F3N6O4S. The minimum absolute atomic E-state index is 0.104. The molecule has 0 unspecified atom stereocenters. The fourth-order valence-electron chi connectivity index (χ4n) is 4.37. The maximum absolute atomic E-state index is 13.3. The summed E-state index contributed by atoms with van der Waals surface area (Å²) in [6.45, 7) is 1.10. The molecule has 0 amide bonds. The van der Waals surface area contributed by atoms with E-state index in [4.69, 9.17) is 4.74 Å². The van der Waals surface area contributed by atoms with Crippen molar-refractivity contribution in [3.63, 3.8) is 0 Å². The molecule has 14 heteroatoms. The molecular weight excluding hydrogens is 525 g/mol. The molecule has 0 N–H and O–H groups in total. The van der Waals surface area contributed by atoms with E-state index in [0.29, 0.717) is 36.9 Å². The van der Waals surface area contributed by atoms with Gasteiger partial charge in [0.1, 0.15) is 23.6 Å². The Balaban J connectivity index is 1.44. The molecule has 10 nitrogen and oxygen atoms in total. The maximum atomic E-state index is 13.3. The number of halogens is 3. The molecule has 0 atom stereocenters. The van der Waals surface area contributed by atoms with Crippen LogP contribution < -0.4 is 14.4 Å². The third-order valence-corrected chi connectivity index (χ3v) is 8.01. The Kier molecular flexibility index (Phi) is 6.84. The summed E-state index contributed by atoms with van der Waals surface area (Å²) < 4.78 is 76.7. The minimum atomic E-state index is -4.93. The number of benzene rings is 2. The molecule has 1 aliphatic heterocycles. The van der Waals surface area contributed by atoms with E-state index in [1.165, 1.54) is 22.8 Å². The number of anilines is 1. The van der Waals surface area contributed by atoms with Crippen LogP contribution in [0.3, 0.4) is 0 Å². The third-order valence-electron chi connectivity index (χ3n) is 6.11. The number of fused-ring (bicyclic) bond motifs is 1. The lowest BCUT2D eigenvalue weighted by atomic mass is 10.1. The van der Waals surface area contributed by atoms with E-state index < -0.39 is 22.1 Å². The van der Waals surface area contributed by atoms with Crippen molar-refractivity contribution >= 4 is 21.6 Å². The van der Waals surface area contributed by atoms with Crippen molar-refractivity contribution in [2.45, 2.75) is 17.7 Å². The van der Waals surface area contributed by atoms with Crippen LogP contribution in [0.5, 0.6) is 11.5 Å². The summed E-state index contributed by atoms with van der Waals surface area (Å²) in [6, 6.07) is 11.9. The van der Waals surface area contributed by atoms with Gasteiger partial charge in [-0.25, -0.2) is 13.4 Å². The van der Waals surface area contributed by atoms with E-state index in [0.717, 1.165) is 23.3 Å². The van der Waals surface area contributed by atoms with Gasteiger partial charge in [0, 0.05) is 44.0 Å². The highest BCUT2D eigenvalue weighted by molar-refractivity contribution is 7.89. The number of ether oxygens (including phenoxy) is 2. The third kappa shape index (κ3) is 5.22. The minimum Gasteiger partial charge on any atom is -0.497 e. The number of rotatable bonds is 6. The molecule has 2 aromatic heterocycles. The van der Waals surface area contributed by atoms with Gasteiger partial charge >= 0.3 is 6.36 Å². The molecule has 200 valence electrons. The van der Waals surface area contributed by atoms with Crippen molar-refractivity contribution in [3.8, 4) is 22.6 Å². The van der Waals surface area contributed by atoms with Crippen molar-refractivity contribution in [1.82, 2.24) is 23.9 Å². The average Bonchev–Trinajstić information content (AvgIpc) is 3.23. The van der Waals surface area contributed by atoms with Crippen LogP contribution in [-0.4, -0.2) is 72.0 Å². The van der Waals surface area contributed by atoms with Crippen LogP contribution in [0.1, 0.15) is 6.42 Å². The van der Waals surface area contributed by atoms with Gasteiger partial charge in [-0.05, 0) is 36.2 Å². The SMILES string of the molecule is COc1ccc(-c2cnc3ncnn3c2N2CCCN(S(=O)(=O)c3cccc(OC(F)(F)F)c3)CC2)cc1. The molecule has 4 aromatic rings. The predicted molar refractivity (Wildman–Crippen MR) is 131 cm³/mol. The van der Waals surface area contributed by atoms with Gasteiger partial charge in [0.2, 0.25) is 10.0 Å². The number of aromatic nitrogens is 4. The summed E-state index contributed by atoms with van der Waals surface area (Å²) in [4.78, 5) is 10.3. The molecule has 1 fully saturated rings. The van der Waals surface area contributed by atoms with Gasteiger partial charge in [-0.2, -0.15) is 18.9 Å². The van der Waals surface area contributed by atoms with Crippen LogP contribution in [0.2, 0.25) is 0 Å². The smallest absolute Gasteiger partial charge is 0.497 e. The van der Waals surface area contributed by atoms with E-state index >= 15 is 0 Å². The number of methoxy groups -OCH3 is 1. The first kappa shape index (κ1) is 25.7. The largest absolute Gasteiger partial charge is 0.573 e. The number of hydrogen-bond donors (Lipinski definition) is 0. The molecule has 0 bridgehead atoms. The summed E-state index contributed by atoms with van der Waals surface area (Å²) in [6.07, 6.45) is -1.36. The van der Waals surface area contributed by atoms with Crippen LogP contribution in [0.25, 0.3) is 16.9 Å². The molecule has 0 aliphatic carbocycles. The second-order valence-electron chi connectivity index (χ2n) is 8.46. The highest BCUT2D eigenvalue weighted by Crippen LogP contribution is 2.33. The second-order valence-corrected chi connectivity index (χ2v) is 10.4. The first-order valence-electron chi connectivity index (χ1n) is 11.6. The van der Waals surface area contributed by atoms with Gasteiger partial charge in [0.05, 0.1) is 12.0 Å². The monoisotopic (exact) mass is 548 g/mol. The van der Waals surface area contributed by atoms with Crippen molar-refractivity contribution < 1.29 is 31.1 Å². The highest BCUT2D eigenvalue weighted by atomic mass is 32.2. The normalized spacial score (nSPS) is 15.4. The van der Waals surface area contributed by atoms with E-state index in [-0.39, 0.29) is 18.0 Å². The van der Waals surface area contributed by atoms with Gasteiger partial charge in [0.15, 0.2) is 0 Å². The van der Waals surface area contributed by atoms with Crippen LogP contribution in [-0.2, 0) is 10.0 Å². The van der Waals surface area contributed by atoms with E-state index in [2.05, 4.69) is 19.8 Å². The lowest BCUT2D eigenvalue weighted by molar-refractivity contribution is -0.274. The molecule has 5 rings (SSSR count). The number of hydrogen-bond acceptors (Lipinski definition) is 8. The molecule has 1 saturated heterocycles. The Morgan fingerprint density at radius 2 is 1.74 bits per heavy atom. The fourth-order valence-corrected chi connectivity index (χ4v) is 5.88. The Bertz CT molecular complexity index is 1540. The summed E-state index contributed by atoms with van der Waals surface area (Å²) in [7, 11) is -2.49. The molecule has 2 aromatic carbocycles. The molecule has 1 aliphatic rings. The van der Waals surface area contributed by atoms with Gasteiger partial charge in [-0.3, -0.25) is 0 Å². The van der Waals surface area contributed by atoms with Crippen LogP contribution in [0, 0.1) is 0 Å². The summed E-state index contributed by atoms with van der Waals surface area (Å²) in [5.74, 6) is 1.21. The molecule has 0 saturated carbocycles. The first-order valence-corrected chi connectivity index (χ1v) is 13.0. The van der Waals surface area contributed by atoms with Crippen LogP contribution >= 0.6 is 0 Å². The van der Waals surface area contributed by atoms with E-state index in [1.807, 2.05) is 29.2 Å². The lowest BCUT2D eigenvalue weighted by Gasteiger charge is -2.26. The first-order chi connectivity index (χ1) is 18.2. The standard InChI is InChI=1S/C24H23F3N6O4S/c1-36-18-8-6-17(7-9-18)21-15-28-23-29-16-30-33(23)22(21)31-10-3-11-32(13-12-31)38(34,35)20-5-2-4-19(14-20)37-24(25,26)27/h2,4-9,14-16H,3,10-13H2,1H3. The van der Waals surface area contributed by atoms with Crippen molar-refractivity contribution in [3.05, 3.63) is 61.1 Å². The average molecular weight is 549 g/mol. The highest BCUT2D eigenvalue weighted by Gasteiger charge is 2.33. The molecule has 38 heavy (non-hydrogen) atoms. The summed E-state index contributed by atoms with van der Waals surface area (Å²) in [5, 5.41) is 4.34. The number of sulfonamides is 1. The van der Waals surface area contributed by atoms with Gasteiger partial charge in [-0.15, -0.1) is 13.2 Å². The number of nitrogens with zero attached hydrogens (tertiary/aromatic N) is 6. The van der Waals surface area contributed by atoms with Crippen LogP contribution in [0.15, 0.2) is 66.0 Å². The van der Waals surface area contributed by atoms with Crippen molar-refractivity contribution in [2.24, 2.45) is 0 Å². The topological polar surface area (TPSA) is 102 Å². The molecule has 3 heterocycles. The summed E-state index contributed by atoms with van der Waals surface area (Å²) >= 11 is 0. The second kappa shape index (κ2) is 10.1. The molecule has 0 spiro atoms. The Morgan fingerprint density at radius 3 is 2.47 bits per heavy atom.